The molecule has 0 radical (unpaired) electrons. The standard InChI is InChI=1S/C24H26N2O6/c1-12(2)21(26-22(29)19-15-7-8-16(9-15)20(19)23(26)30)24(31)32-11-18(28)25-17-6-4-5-14(10-17)13(3)27/h4-8,10,12,15-16,19-21H,9,11H2,1-3H3,(H,25,28)/t15-,16-,19+,20+,21-/m0/s1. The molecule has 8 heteroatoms. The highest BCUT2D eigenvalue weighted by molar-refractivity contribution is 6.09. The summed E-state index contributed by atoms with van der Waals surface area (Å²) in [5.74, 6) is -3.22. The van der Waals surface area contributed by atoms with Crippen molar-refractivity contribution >= 4 is 35.2 Å². The van der Waals surface area contributed by atoms with Gasteiger partial charge in [-0.15, -0.1) is 0 Å². The largest absolute Gasteiger partial charge is 0.454 e. The lowest BCUT2D eigenvalue weighted by Crippen LogP contribution is -2.50. The summed E-state index contributed by atoms with van der Waals surface area (Å²) in [6.45, 7) is 4.33. The number of fused-ring (bicyclic) bond motifs is 5. The number of ether oxygens (including phenoxy) is 1. The number of benzene rings is 1. The van der Waals surface area contributed by atoms with Crippen LogP contribution in [0.5, 0.6) is 0 Å². The van der Waals surface area contributed by atoms with E-state index in [1.165, 1.54) is 13.0 Å². The molecule has 168 valence electrons. The van der Waals surface area contributed by atoms with Gasteiger partial charge in [0.15, 0.2) is 12.4 Å². The molecule has 3 aliphatic rings. The van der Waals surface area contributed by atoms with Gasteiger partial charge in [-0.25, -0.2) is 4.79 Å². The lowest BCUT2D eigenvalue weighted by atomic mass is 9.85. The van der Waals surface area contributed by atoms with Crippen molar-refractivity contribution in [1.29, 1.82) is 0 Å². The summed E-state index contributed by atoms with van der Waals surface area (Å²) >= 11 is 0. The molecule has 2 aliphatic carbocycles. The highest BCUT2D eigenvalue weighted by Crippen LogP contribution is 2.53. The Morgan fingerprint density at radius 3 is 2.28 bits per heavy atom. The average molecular weight is 438 g/mol. The van der Waals surface area contributed by atoms with Crippen LogP contribution in [0.1, 0.15) is 37.6 Å². The number of nitrogens with zero attached hydrogens (tertiary/aromatic N) is 1. The number of imide groups is 1. The zero-order chi connectivity index (χ0) is 23.2. The van der Waals surface area contributed by atoms with Crippen molar-refractivity contribution < 1.29 is 28.7 Å². The molecule has 1 aromatic rings. The van der Waals surface area contributed by atoms with Crippen LogP contribution >= 0.6 is 0 Å². The number of rotatable bonds is 7. The summed E-state index contributed by atoms with van der Waals surface area (Å²) in [4.78, 5) is 63.8. The number of carbonyl (C=O) groups is 5. The van der Waals surface area contributed by atoms with Crippen molar-refractivity contribution in [3.05, 3.63) is 42.0 Å². The van der Waals surface area contributed by atoms with E-state index in [-0.39, 0.29) is 35.4 Å². The summed E-state index contributed by atoms with van der Waals surface area (Å²) in [7, 11) is 0. The Balaban J connectivity index is 1.41. The summed E-state index contributed by atoms with van der Waals surface area (Å²) in [6.07, 6.45) is 4.80. The Hall–Kier alpha value is -3.29. The first-order valence-electron chi connectivity index (χ1n) is 10.8. The van der Waals surface area contributed by atoms with Crippen LogP contribution in [0.2, 0.25) is 0 Å². The van der Waals surface area contributed by atoms with Gasteiger partial charge in [-0.1, -0.05) is 38.1 Å². The van der Waals surface area contributed by atoms with Crippen LogP contribution in [0.25, 0.3) is 0 Å². The monoisotopic (exact) mass is 438 g/mol. The molecule has 8 nitrogen and oxygen atoms in total. The Kier molecular flexibility index (Phi) is 5.71. The third kappa shape index (κ3) is 3.74. The molecule has 4 rings (SSSR count). The Morgan fingerprint density at radius 1 is 1.09 bits per heavy atom. The topological polar surface area (TPSA) is 110 Å². The van der Waals surface area contributed by atoms with Crippen LogP contribution in [0, 0.1) is 29.6 Å². The molecule has 0 spiro atoms. The van der Waals surface area contributed by atoms with Gasteiger partial charge in [-0.3, -0.25) is 24.1 Å². The number of hydrogen-bond donors (Lipinski definition) is 1. The van der Waals surface area contributed by atoms with Crippen LogP contribution in [-0.4, -0.2) is 47.0 Å². The first kappa shape index (κ1) is 21.9. The lowest BCUT2D eigenvalue weighted by Gasteiger charge is -2.28. The van der Waals surface area contributed by atoms with E-state index in [1.807, 2.05) is 12.2 Å². The fourth-order valence-electron chi connectivity index (χ4n) is 5.11. The van der Waals surface area contributed by atoms with Crippen molar-refractivity contribution in [1.82, 2.24) is 4.90 Å². The normalized spacial score (nSPS) is 26.4. The van der Waals surface area contributed by atoms with Gasteiger partial charge < -0.3 is 10.1 Å². The second-order valence-corrected chi connectivity index (χ2v) is 9.03. The summed E-state index contributed by atoms with van der Waals surface area (Å²) < 4.78 is 5.20. The van der Waals surface area contributed by atoms with Gasteiger partial charge in [0, 0.05) is 11.3 Å². The number of likely N-dealkylation sites (tertiary alicyclic amines) is 1. The van der Waals surface area contributed by atoms with Gasteiger partial charge in [0.2, 0.25) is 11.8 Å². The van der Waals surface area contributed by atoms with Crippen LogP contribution in [0.3, 0.4) is 0 Å². The number of nitrogens with one attached hydrogen (secondary N) is 1. The summed E-state index contributed by atoms with van der Waals surface area (Å²) in [5, 5.41) is 2.58. The molecular formula is C24H26N2O6. The number of amides is 3. The van der Waals surface area contributed by atoms with E-state index in [2.05, 4.69) is 5.32 Å². The fraction of sp³-hybridized carbons (Fsp3) is 0.458. The number of anilines is 1. The first-order chi connectivity index (χ1) is 15.2. The molecule has 0 aromatic heterocycles. The number of carbonyl (C=O) groups excluding carboxylic acids is 5. The smallest absolute Gasteiger partial charge is 0.330 e. The zero-order valence-corrected chi connectivity index (χ0v) is 18.2. The van der Waals surface area contributed by atoms with Crippen LogP contribution in [0.15, 0.2) is 36.4 Å². The second kappa shape index (κ2) is 8.33. The maximum Gasteiger partial charge on any atom is 0.330 e. The number of hydrogen-bond acceptors (Lipinski definition) is 6. The van der Waals surface area contributed by atoms with Gasteiger partial charge >= 0.3 is 5.97 Å². The highest BCUT2D eigenvalue weighted by atomic mass is 16.5. The third-order valence-electron chi connectivity index (χ3n) is 6.55. The van der Waals surface area contributed by atoms with E-state index >= 15 is 0 Å². The number of esters is 1. The average Bonchev–Trinajstić information content (AvgIpc) is 3.42. The molecule has 1 N–H and O–H groups in total. The van der Waals surface area contributed by atoms with Crippen LogP contribution in [0.4, 0.5) is 5.69 Å². The van der Waals surface area contributed by atoms with Gasteiger partial charge in [0.1, 0.15) is 6.04 Å². The number of ketones is 1. The van der Waals surface area contributed by atoms with Crippen molar-refractivity contribution in [2.75, 3.05) is 11.9 Å². The Morgan fingerprint density at radius 2 is 1.72 bits per heavy atom. The molecule has 1 aliphatic heterocycles. The molecule has 2 fully saturated rings. The number of Topliss-reactive ketones (excluding diaryl/α,β-unsaturated/α-hetero) is 1. The molecular weight excluding hydrogens is 412 g/mol. The SMILES string of the molecule is CC(=O)c1cccc(NC(=O)COC(=O)[C@H](C(C)C)N2C(=O)[C@H]3[C@H](C2=O)[C@H]2C=C[C@H]3C2)c1. The van der Waals surface area contributed by atoms with E-state index in [4.69, 9.17) is 4.74 Å². The minimum absolute atomic E-state index is 0.0480. The molecule has 32 heavy (non-hydrogen) atoms. The number of allylic oxidation sites excluding steroid dienone is 2. The quantitative estimate of drug-likeness (QED) is 0.303. The van der Waals surface area contributed by atoms with Crippen molar-refractivity contribution in [2.45, 2.75) is 33.2 Å². The van der Waals surface area contributed by atoms with Crippen molar-refractivity contribution in [3.63, 3.8) is 0 Å². The minimum Gasteiger partial charge on any atom is -0.454 e. The Bertz CT molecular complexity index is 999. The van der Waals surface area contributed by atoms with E-state index < -0.39 is 36.4 Å². The maximum atomic E-state index is 13.1. The summed E-state index contributed by atoms with van der Waals surface area (Å²) in [6, 6.07) is 5.34. The molecule has 1 saturated heterocycles. The fourth-order valence-corrected chi connectivity index (χ4v) is 5.11. The molecule has 1 heterocycles. The zero-order valence-electron chi connectivity index (χ0n) is 18.2. The first-order valence-corrected chi connectivity index (χ1v) is 10.8. The van der Waals surface area contributed by atoms with Crippen LogP contribution in [-0.2, 0) is 23.9 Å². The molecule has 5 atom stereocenters. The van der Waals surface area contributed by atoms with E-state index in [0.717, 1.165) is 11.3 Å². The van der Waals surface area contributed by atoms with Crippen molar-refractivity contribution in [2.24, 2.45) is 29.6 Å². The predicted octanol–water partition coefficient (Wildman–Crippen LogP) is 2.20. The van der Waals surface area contributed by atoms with Crippen LogP contribution < -0.4 is 5.32 Å². The Labute approximate surface area is 186 Å². The highest BCUT2D eigenvalue weighted by Gasteiger charge is 2.61. The van der Waals surface area contributed by atoms with Gasteiger partial charge in [-0.2, -0.15) is 0 Å². The van der Waals surface area contributed by atoms with E-state index in [1.54, 1.807) is 32.0 Å². The summed E-state index contributed by atoms with van der Waals surface area (Å²) in [5.41, 5.74) is 0.847. The molecule has 0 unspecified atom stereocenters. The maximum absolute atomic E-state index is 13.1. The molecule has 3 amide bonds. The van der Waals surface area contributed by atoms with E-state index in [9.17, 15) is 24.0 Å². The molecule has 1 saturated carbocycles. The predicted molar refractivity (Wildman–Crippen MR) is 114 cm³/mol. The van der Waals surface area contributed by atoms with Crippen molar-refractivity contribution in [3.8, 4) is 0 Å². The lowest BCUT2D eigenvalue weighted by molar-refractivity contribution is -0.162. The van der Waals surface area contributed by atoms with Gasteiger partial charge in [-0.05, 0) is 43.2 Å². The molecule has 1 aromatic carbocycles. The van der Waals surface area contributed by atoms with Gasteiger partial charge in [0.05, 0.1) is 11.8 Å². The minimum atomic E-state index is -1.08. The van der Waals surface area contributed by atoms with Gasteiger partial charge in [0.25, 0.3) is 5.91 Å². The second-order valence-electron chi connectivity index (χ2n) is 9.03. The van der Waals surface area contributed by atoms with E-state index in [0.29, 0.717) is 11.3 Å². The molecule has 2 bridgehead atoms. The third-order valence-corrected chi connectivity index (χ3v) is 6.55.